The number of carbonyl (C=O) groups is 4. The van der Waals surface area contributed by atoms with Crippen molar-refractivity contribution in [3.63, 3.8) is 0 Å². The summed E-state index contributed by atoms with van der Waals surface area (Å²) in [6, 6.07) is 46.5. The first-order valence-electron chi connectivity index (χ1n) is 23.4. The van der Waals surface area contributed by atoms with Crippen LogP contribution in [-0.2, 0) is 30.3 Å². The van der Waals surface area contributed by atoms with Gasteiger partial charge < -0.3 is 42.3 Å². The molecule has 14 heteroatoms. The van der Waals surface area contributed by atoms with Crippen molar-refractivity contribution in [2.45, 2.75) is 76.0 Å². The van der Waals surface area contributed by atoms with Crippen LogP contribution in [0, 0.1) is 5.92 Å². The zero-order chi connectivity index (χ0) is 49.1. The molecular weight excluding hydrogens is 909 g/mol. The van der Waals surface area contributed by atoms with Gasteiger partial charge in [-0.2, -0.15) is 0 Å². The molecule has 0 unspecified atom stereocenters. The molecule has 0 amide bonds. The summed E-state index contributed by atoms with van der Waals surface area (Å²) in [4.78, 5) is 69.6. The highest BCUT2D eigenvalue weighted by atomic mass is 16.7. The summed E-state index contributed by atoms with van der Waals surface area (Å²) in [5, 5.41) is 0.400. The van der Waals surface area contributed by atoms with E-state index < -0.39 is 66.8 Å². The van der Waals surface area contributed by atoms with Crippen molar-refractivity contribution in [1.82, 2.24) is 0 Å². The van der Waals surface area contributed by atoms with E-state index in [1.807, 2.05) is 30.3 Å². The van der Waals surface area contributed by atoms with E-state index in [1.54, 1.807) is 97.1 Å². The highest BCUT2D eigenvalue weighted by Gasteiger charge is 2.54. The Kier molecular flexibility index (Phi) is 15.1. The van der Waals surface area contributed by atoms with Crippen molar-refractivity contribution in [3.8, 4) is 17.2 Å². The minimum atomic E-state index is -1.67. The molecule has 2 heterocycles. The smallest absolute Gasteiger partial charge is 0.383 e. The van der Waals surface area contributed by atoms with Gasteiger partial charge in [0, 0.05) is 6.07 Å². The Bertz CT molecular complexity index is 2980. The lowest BCUT2D eigenvalue weighted by atomic mass is 9.89. The first-order valence-corrected chi connectivity index (χ1v) is 23.4. The summed E-state index contributed by atoms with van der Waals surface area (Å²) in [6.07, 6.45) is -4.79. The van der Waals surface area contributed by atoms with Crippen LogP contribution < -0.4 is 19.8 Å². The average molecular weight is 959 g/mol. The highest BCUT2D eigenvalue weighted by molar-refractivity contribution is 5.92. The normalized spacial score (nSPS) is 20.7. The molecular formula is C57H50O14. The number of ether oxygens (including phenoxy) is 8. The number of fused-ring (bicyclic) bond motifs is 1. The molecule has 2 aliphatic rings. The minimum absolute atomic E-state index is 0.0442. The Labute approximate surface area is 408 Å². The third-order valence-electron chi connectivity index (χ3n) is 12.3. The first kappa shape index (κ1) is 47.8. The second-order valence-electron chi connectivity index (χ2n) is 17.3. The zero-order valence-corrected chi connectivity index (χ0v) is 38.7. The van der Waals surface area contributed by atoms with Crippen LogP contribution in [0.3, 0.4) is 0 Å². The maximum atomic E-state index is 14.1. The van der Waals surface area contributed by atoms with Crippen LogP contribution in [0.15, 0.2) is 179 Å². The summed E-state index contributed by atoms with van der Waals surface area (Å²) in [5.74, 6) is -2.57. The van der Waals surface area contributed by atoms with Crippen LogP contribution in [0.2, 0.25) is 0 Å². The monoisotopic (exact) mass is 958 g/mol. The van der Waals surface area contributed by atoms with Crippen molar-refractivity contribution in [2.24, 2.45) is 5.92 Å². The fourth-order valence-corrected chi connectivity index (χ4v) is 8.45. The zero-order valence-electron chi connectivity index (χ0n) is 38.7. The molecule has 1 saturated heterocycles. The molecule has 362 valence electrons. The average Bonchev–Trinajstić information content (AvgIpc) is 3.41. The Morgan fingerprint density at radius 2 is 1.03 bits per heavy atom. The number of rotatable bonds is 16. The van der Waals surface area contributed by atoms with Crippen LogP contribution >= 0.6 is 0 Å². The standard InChI is InChI=1S/C57H50O14/c1-36-27-29-42(30-28-36)65-50-47(63-34-37-17-7-2-8-18-37)44-32-31-43(33-45(44)67-56(50)62)66-57-51(71-55(61)41-25-15-6-16-26-41)49(70-54(60)40-23-13-5-14-24-40)48(69-53(59)39-21-11-4-12-22-39)46(68-57)35-64-52(58)38-19-9-3-10-20-38/h2-26,31-33,36,42,46,48-49,51,57H,27-30,34-35H2,1H3/t36?,42?,46-,48-,49+,51-,57-/m1/s1. The Balaban J connectivity index is 1.12. The predicted molar refractivity (Wildman–Crippen MR) is 258 cm³/mol. The number of esters is 4. The van der Waals surface area contributed by atoms with E-state index >= 15 is 0 Å². The summed E-state index contributed by atoms with van der Waals surface area (Å²) < 4.78 is 56.2. The van der Waals surface area contributed by atoms with Gasteiger partial charge in [-0.1, -0.05) is 110 Å². The van der Waals surface area contributed by atoms with Crippen molar-refractivity contribution in [1.29, 1.82) is 0 Å². The third-order valence-corrected chi connectivity index (χ3v) is 12.3. The van der Waals surface area contributed by atoms with Crippen LogP contribution in [-0.4, -0.2) is 67.3 Å². The molecule has 0 radical (unpaired) electrons. The maximum Gasteiger partial charge on any atom is 0.383 e. The van der Waals surface area contributed by atoms with Gasteiger partial charge in [0.05, 0.1) is 33.7 Å². The van der Waals surface area contributed by atoms with Gasteiger partial charge in [-0.05, 0) is 97.8 Å². The summed E-state index contributed by atoms with van der Waals surface area (Å²) in [5.41, 5.74) is 0.774. The molecule has 1 aliphatic heterocycles. The number of hydrogen-bond donors (Lipinski definition) is 0. The van der Waals surface area contributed by atoms with E-state index in [0.717, 1.165) is 31.2 Å². The van der Waals surface area contributed by atoms with Gasteiger partial charge >= 0.3 is 29.5 Å². The summed E-state index contributed by atoms with van der Waals surface area (Å²) >= 11 is 0. The molecule has 6 aromatic carbocycles. The molecule has 0 spiro atoms. The molecule has 1 saturated carbocycles. The lowest BCUT2D eigenvalue weighted by Crippen LogP contribution is -2.63. The van der Waals surface area contributed by atoms with E-state index in [9.17, 15) is 24.0 Å². The number of hydrogen-bond acceptors (Lipinski definition) is 14. The van der Waals surface area contributed by atoms with Gasteiger partial charge in [0.1, 0.15) is 30.7 Å². The first-order chi connectivity index (χ1) is 34.7. The Morgan fingerprint density at radius 3 is 1.58 bits per heavy atom. The highest BCUT2D eigenvalue weighted by Crippen LogP contribution is 2.39. The van der Waals surface area contributed by atoms with E-state index in [2.05, 4.69) is 6.92 Å². The molecule has 14 nitrogen and oxygen atoms in total. The molecule has 9 rings (SSSR count). The Morgan fingerprint density at radius 1 is 0.535 bits per heavy atom. The molecule has 2 fully saturated rings. The van der Waals surface area contributed by atoms with Crippen LogP contribution in [0.5, 0.6) is 17.2 Å². The summed E-state index contributed by atoms with van der Waals surface area (Å²) in [6.45, 7) is 1.76. The van der Waals surface area contributed by atoms with Crippen molar-refractivity contribution in [3.05, 3.63) is 208 Å². The fraction of sp³-hybridized carbons (Fsp3) is 0.246. The molecule has 7 aromatic rings. The van der Waals surface area contributed by atoms with Gasteiger partial charge in [0.25, 0.3) is 0 Å². The predicted octanol–water partition coefficient (Wildman–Crippen LogP) is 9.97. The lowest BCUT2D eigenvalue weighted by molar-refractivity contribution is -0.275. The van der Waals surface area contributed by atoms with Crippen molar-refractivity contribution >= 4 is 34.8 Å². The van der Waals surface area contributed by atoms with Gasteiger partial charge in [-0.15, -0.1) is 0 Å². The molecule has 0 bridgehead atoms. The quantitative estimate of drug-likeness (QED) is 0.0509. The van der Waals surface area contributed by atoms with Crippen molar-refractivity contribution in [2.75, 3.05) is 6.61 Å². The Hall–Kier alpha value is -8.23. The van der Waals surface area contributed by atoms with Crippen molar-refractivity contribution < 1.29 is 61.5 Å². The van der Waals surface area contributed by atoms with Crippen LogP contribution in [0.25, 0.3) is 11.0 Å². The summed E-state index contributed by atoms with van der Waals surface area (Å²) in [7, 11) is 0. The lowest BCUT2D eigenvalue weighted by Gasteiger charge is -2.44. The van der Waals surface area contributed by atoms with Crippen LogP contribution in [0.4, 0.5) is 0 Å². The largest absolute Gasteiger partial charge is 0.484 e. The maximum absolute atomic E-state index is 14.1. The van der Waals surface area contributed by atoms with Crippen LogP contribution in [0.1, 0.15) is 79.6 Å². The molecule has 0 N–H and O–H groups in total. The topological polar surface area (TPSA) is 172 Å². The minimum Gasteiger partial charge on any atom is -0.484 e. The molecule has 71 heavy (non-hydrogen) atoms. The molecule has 5 atom stereocenters. The number of carbonyl (C=O) groups excluding carboxylic acids is 4. The van der Waals surface area contributed by atoms with E-state index in [1.165, 1.54) is 42.5 Å². The van der Waals surface area contributed by atoms with E-state index in [-0.39, 0.29) is 57.8 Å². The third kappa shape index (κ3) is 11.8. The SMILES string of the molecule is CC1CCC(Oc2c(OCc3ccccc3)c3ccc(O[C@@H]4O[C@H](COC(=O)c5ccccc5)[C@@H](OC(=O)c5ccccc5)[C@H](OC(=O)c5ccccc5)[C@H]4OC(=O)c4ccccc4)cc3oc2=O)CC1. The van der Waals surface area contributed by atoms with Gasteiger partial charge in [-0.25, -0.2) is 24.0 Å². The van der Waals surface area contributed by atoms with Gasteiger partial charge in [0.15, 0.2) is 18.0 Å². The van der Waals surface area contributed by atoms with Gasteiger partial charge in [-0.3, -0.25) is 0 Å². The molecule has 1 aliphatic carbocycles. The van der Waals surface area contributed by atoms with E-state index in [4.69, 9.17) is 42.3 Å². The fourth-order valence-electron chi connectivity index (χ4n) is 8.45. The van der Waals surface area contributed by atoms with E-state index in [0.29, 0.717) is 11.3 Å². The van der Waals surface area contributed by atoms with Gasteiger partial charge in [0.2, 0.25) is 18.1 Å². The second kappa shape index (κ2) is 22.5. The number of benzene rings is 6. The second-order valence-corrected chi connectivity index (χ2v) is 17.3. The molecule has 1 aromatic heterocycles.